The van der Waals surface area contributed by atoms with Crippen LogP contribution in [0.1, 0.15) is 25.1 Å². The van der Waals surface area contributed by atoms with Gasteiger partial charge in [-0.05, 0) is 50.2 Å². The van der Waals surface area contributed by atoms with Crippen LogP contribution < -0.4 is 20.9 Å². The van der Waals surface area contributed by atoms with Gasteiger partial charge in [0.25, 0.3) is 5.91 Å². The normalized spacial score (nSPS) is 15.2. The van der Waals surface area contributed by atoms with Crippen molar-refractivity contribution in [3.8, 4) is 0 Å². The average Bonchev–Trinajstić information content (AvgIpc) is 2.99. The quantitative estimate of drug-likeness (QED) is 0.357. The number of hydrogen-bond acceptors (Lipinski definition) is 7. The van der Waals surface area contributed by atoms with Gasteiger partial charge in [-0.1, -0.05) is 30.3 Å². The molecule has 0 unspecified atom stereocenters. The first-order valence-corrected chi connectivity index (χ1v) is 12.1. The maximum Gasteiger partial charge on any atom is 0.321 e. The third-order valence-electron chi connectivity index (χ3n) is 5.78. The van der Waals surface area contributed by atoms with Crippen LogP contribution in [0.5, 0.6) is 0 Å². The van der Waals surface area contributed by atoms with E-state index in [2.05, 4.69) is 38.6 Å². The number of aromatic nitrogens is 1. The Morgan fingerprint density at radius 2 is 1.76 bits per heavy atom. The molecule has 0 radical (unpaired) electrons. The molecule has 3 amide bonds. The molecule has 0 spiro atoms. The van der Waals surface area contributed by atoms with Crippen molar-refractivity contribution >= 4 is 53.1 Å². The second-order valence-electron chi connectivity index (χ2n) is 8.95. The zero-order valence-corrected chi connectivity index (χ0v) is 21.6. The first-order valence-electron chi connectivity index (χ1n) is 11.7. The van der Waals surface area contributed by atoms with Crippen LogP contribution in [0.15, 0.2) is 77.9 Å². The van der Waals surface area contributed by atoms with E-state index in [4.69, 9.17) is 0 Å². The van der Waals surface area contributed by atoms with Crippen LogP contribution in [0, 0.1) is 0 Å². The minimum absolute atomic E-state index is 0.235. The molecule has 1 aliphatic rings. The Hall–Kier alpha value is -4.18. The van der Waals surface area contributed by atoms with Crippen LogP contribution in [0.4, 0.5) is 21.9 Å². The summed E-state index contributed by atoms with van der Waals surface area (Å²) in [6, 6.07) is 19.0. The lowest BCUT2D eigenvalue weighted by Gasteiger charge is -2.27. The molecule has 9 nitrogen and oxygen atoms in total. The van der Waals surface area contributed by atoms with E-state index < -0.39 is 22.9 Å². The lowest BCUT2D eigenvalue weighted by Crippen LogP contribution is -2.51. The molecule has 3 aromatic rings. The second kappa shape index (κ2) is 10.8. The van der Waals surface area contributed by atoms with Gasteiger partial charge in [0.2, 0.25) is 6.17 Å². The highest BCUT2D eigenvalue weighted by Gasteiger charge is 2.36. The molecule has 2 aromatic carbocycles. The monoisotopic (exact) mass is 516 g/mol. The standard InChI is InChI=1S/C27H28N6O3S/c1-27(2,37)22(34)16-33-21-13-5-4-11-19(21)23(20-12-6-7-14-29-20)31-24(25(33)35)32-26(36)30-18-10-8-9-17(15-18)28-3/h4-15,24,28,37H,16H2,1-3H3,(H2,30,32,36)/t24-/m0/s1. The van der Waals surface area contributed by atoms with Crippen LogP contribution in [0.25, 0.3) is 0 Å². The number of Topliss-reactive ketones (excluding diaryl/α,β-unsaturated/α-hetero) is 1. The van der Waals surface area contributed by atoms with Crippen molar-refractivity contribution in [2.45, 2.75) is 24.8 Å². The fourth-order valence-corrected chi connectivity index (χ4v) is 3.85. The molecule has 2 heterocycles. The molecule has 1 aromatic heterocycles. The van der Waals surface area contributed by atoms with Gasteiger partial charge in [-0.3, -0.25) is 14.6 Å². The number of hydrogen-bond donors (Lipinski definition) is 4. The SMILES string of the molecule is CNc1cccc(NC(=O)N[C@@H]2N=C(c3ccccn3)c3ccccc3N(CC(=O)C(C)(C)S)C2=O)c1. The molecule has 0 fully saturated rings. The zero-order chi connectivity index (χ0) is 26.6. The summed E-state index contributed by atoms with van der Waals surface area (Å²) in [5, 5.41) is 8.41. The van der Waals surface area contributed by atoms with Crippen molar-refractivity contribution in [2.24, 2.45) is 4.99 Å². The van der Waals surface area contributed by atoms with Crippen LogP contribution in [0.3, 0.4) is 0 Å². The molecular formula is C27H28N6O3S. The van der Waals surface area contributed by atoms with Crippen molar-refractivity contribution < 1.29 is 14.4 Å². The third kappa shape index (κ3) is 5.97. The highest BCUT2D eigenvalue weighted by atomic mass is 32.1. The van der Waals surface area contributed by atoms with Crippen LogP contribution in [0.2, 0.25) is 0 Å². The minimum atomic E-state index is -1.31. The van der Waals surface area contributed by atoms with Gasteiger partial charge in [0, 0.05) is 30.2 Å². The Bertz CT molecular complexity index is 1350. The number of fused-ring (bicyclic) bond motifs is 1. The molecule has 1 aliphatic heterocycles. The van der Waals surface area contributed by atoms with E-state index in [9.17, 15) is 14.4 Å². The largest absolute Gasteiger partial charge is 0.388 e. The Labute approximate surface area is 220 Å². The highest BCUT2D eigenvalue weighted by molar-refractivity contribution is 7.82. The first-order chi connectivity index (χ1) is 17.7. The number of amides is 3. The number of carbonyl (C=O) groups is 3. The molecule has 1 atom stereocenters. The molecule has 10 heteroatoms. The molecule has 3 N–H and O–H groups in total. The number of aliphatic imine (C=N–C) groups is 1. The fourth-order valence-electron chi connectivity index (χ4n) is 3.77. The van der Waals surface area contributed by atoms with E-state index in [0.717, 1.165) is 5.69 Å². The Balaban J connectivity index is 1.74. The second-order valence-corrected chi connectivity index (χ2v) is 10.1. The Morgan fingerprint density at radius 1 is 1.03 bits per heavy atom. The number of anilines is 3. The summed E-state index contributed by atoms with van der Waals surface area (Å²) in [4.78, 5) is 50.1. The summed E-state index contributed by atoms with van der Waals surface area (Å²) in [5.74, 6) is -0.809. The molecule has 37 heavy (non-hydrogen) atoms. The molecule has 0 saturated heterocycles. The van der Waals surface area contributed by atoms with Gasteiger partial charge in [0.05, 0.1) is 28.4 Å². The lowest BCUT2D eigenvalue weighted by molar-refractivity contribution is -0.124. The number of nitrogens with zero attached hydrogens (tertiary/aromatic N) is 3. The third-order valence-corrected chi connectivity index (χ3v) is 6.03. The van der Waals surface area contributed by atoms with Crippen LogP contribution >= 0.6 is 12.6 Å². The van der Waals surface area contributed by atoms with Gasteiger partial charge in [-0.2, -0.15) is 12.6 Å². The number of rotatable bonds is 7. The minimum Gasteiger partial charge on any atom is -0.388 e. The van der Waals surface area contributed by atoms with Gasteiger partial charge >= 0.3 is 6.03 Å². The van der Waals surface area contributed by atoms with Crippen LogP contribution in [-0.4, -0.2) is 52.9 Å². The number of thiol groups is 1. The number of nitrogens with one attached hydrogen (secondary N) is 3. The fraction of sp³-hybridized carbons (Fsp3) is 0.222. The zero-order valence-electron chi connectivity index (χ0n) is 20.7. The van der Waals surface area contributed by atoms with E-state index in [1.807, 2.05) is 24.3 Å². The highest BCUT2D eigenvalue weighted by Crippen LogP contribution is 2.29. The smallest absolute Gasteiger partial charge is 0.321 e. The first kappa shape index (κ1) is 25.9. The van der Waals surface area contributed by atoms with E-state index in [-0.39, 0.29) is 12.3 Å². The Morgan fingerprint density at radius 3 is 2.46 bits per heavy atom. The number of benzodiazepines with no additional fused rings is 1. The predicted octanol–water partition coefficient (Wildman–Crippen LogP) is 3.73. The van der Waals surface area contributed by atoms with Gasteiger partial charge in [-0.25, -0.2) is 9.79 Å². The van der Waals surface area contributed by atoms with Gasteiger partial charge in [0.1, 0.15) is 0 Å². The van der Waals surface area contributed by atoms with Crippen molar-refractivity contribution in [2.75, 3.05) is 29.1 Å². The number of para-hydroxylation sites is 1. The lowest BCUT2D eigenvalue weighted by atomic mass is 10.0. The molecule has 0 bridgehead atoms. The molecule has 0 aliphatic carbocycles. The summed E-state index contributed by atoms with van der Waals surface area (Å²) in [6.45, 7) is 3.11. The maximum absolute atomic E-state index is 13.8. The summed E-state index contributed by atoms with van der Waals surface area (Å²) in [7, 11) is 1.77. The number of urea groups is 1. The molecular weight excluding hydrogens is 488 g/mol. The number of ketones is 1. The van der Waals surface area contributed by atoms with E-state index in [0.29, 0.717) is 28.3 Å². The van der Waals surface area contributed by atoms with E-state index in [1.54, 1.807) is 69.6 Å². The van der Waals surface area contributed by atoms with Crippen molar-refractivity contribution in [1.82, 2.24) is 10.3 Å². The van der Waals surface area contributed by atoms with Gasteiger partial charge < -0.3 is 20.9 Å². The predicted molar refractivity (Wildman–Crippen MR) is 149 cm³/mol. The van der Waals surface area contributed by atoms with Gasteiger partial charge in [0.15, 0.2) is 5.78 Å². The van der Waals surface area contributed by atoms with E-state index >= 15 is 0 Å². The van der Waals surface area contributed by atoms with Gasteiger partial charge in [-0.15, -0.1) is 0 Å². The maximum atomic E-state index is 13.8. The average molecular weight is 517 g/mol. The summed E-state index contributed by atoms with van der Waals surface area (Å²) in [5.41, 5.74) is 3.41. The van der Waals surface area contributed by atoms with Crippen molar-refractivity contribution in [3.05, 3.63) is 84.2 Å². The van der Waals surface area contributed by atoms with Crippen molar-refractivity contribution in [1.29, 1.82) is 0 Å². The summed E-state index contributed by atoms with van der Waals surface area (Å²) < 4.78 is -0.967. The molecule has 4 rings (SSSR count). The number of carbonyl (C=O) groups excluding carboxylic acids is 3. The van der Waals surface area contributed by atoms with Crippen LogP contribution in [-0.2, 0) is 9.59 Å². The summed E-state index contributed by atoms with van der Waals surface area (Å²) in [6.07, 6.45) is 0.314. The number of benzene rings is 2. The molecule has 190 valence electrons. The van der Waals surface area contributed by atoms with Crippen molar-refractivity contribution in [3.63, 3.8) is 0 Å². The topological polar surface area (TPSA) is 116 Å². The summed E-state index contributed by atoms with van der Waals surface area (Å²) >= 11 is 4.39. The number of pyridine rings is 1. The van der Waals surface area contributed by atoms with E-state index in [1.165, 1.54) is 4.90 Å². The Kier molecular flexibility index (Phi) is 7.58. The molecule has 0 saturated carbocycles.